The first-order chi connectivity index (χ1) is 6.19. The maximum Gasteiger partial charge on any atom is 0.130 e. The maximum absolute atomic E-state index is 13.3. The van der Waals surface area contributed by atoms with E-state index in [-0.39, 0.29) is 12.4 Å². The number of nitrogens with two attached hydrogens (primary N) is 1. The highest BCUT2D eigenvalue weighted by Crippen LogP contribution is 2.22. The number of rotatable bonds is 3. The summed E-state index contributed by atoms with van der Waals surface area (Å²) >= 11 is 3.26. The monoisotopic (exact) mass is 247 g/mol. The molecule has 0 radical (unpaired) electrons. The van der Waals surface area contributed by atoms with Crippen molar-refractivity contribution in [3.63, 3.8) is 0 Å². The third-order valence-corrected chi connectivity index (χ3v) is 2.43. The molecule has 0 unspecified atom stereocenters. The van der Waals surface area contributed by atoms with Gasteiger partial charge in [0.05, 0.1) is 6.61 Å². The van der Waals surface area contributed by atoms with Crippen LogP contribution in [0.5, 0.6) is 0 Å². The first-order valence-corrected chi connectivity index (χ1v) is 4.64. The summed E-state index contributed by atoms with van der Waals surface area (Å²) < 4.78 is 18.9. The lowest BCUT2D eigenvalue weighted by Crippen LogP contribution is -2.01. The van der Waals surface area contributed by atoms with Crippen molar-refractivity contribution in [3.05, 3.63) is 33.5 Å². The van der Waals surface area contributed by atoms with Gasteiger partial charge in [-0.3, -0.25) is 0 Å². The molecule has 4 heteroatoms. The fourth-order valence-corrected chi connectivity index (χ4v) is 1.65. The van der Waals surface area contributed by atoms with Crippen molar-refractivity contribution in [2.75, 3.05) is 7.11 Å². The summed E-state index contributed by atoms with van der Waals surface area (Å²) in [5.41, 5.74) is 6.69. The molecule has 1 rings (SSSR count). The predicted octanol–water partition coefficient (Wildman–Crippen LogP) is 2.19. The zero-order valence-electron chi connectivity index (χ0n) is 7.31. The van der Waals surface area contributed by atoms with Crippen molar-refractivity contribution >= 4 is 15.9 Å². The highest BCUT2D eigenvalue weighted by Gasteiger charge is 2.07. The molecular weight excluding hydrogens is 237 g/mol. The van der Waals surface area contributed by atoms with Gasteiger partial charge in [0.1, 0.15) is 5.82 Å². The second-order valence-corrected chi connectivity index (χ2v) is 3.53. The van der Waals surface area contributed by atoms with E-state index in [2.05, 4.69) is 15.9 Å². The van der Waals surface area contributed by atoms with E-state index >= 15 is 0 Å². The molecule has 0 aliphatic rings. The Balaban J connectivity index is 3.07. The fraction of sp³-hybridized carbons (Fsp3) is 0.333. The molecule has 1 aromatic carbocycles. The standard InChI is InChI=1S/C9H11BrFNO/c1-13-5-7-8(10)2-6(4-12)3-9(7)11/h2-3H,4-5,12H2,1H3. The molecule has 72 valence electrons. The lowest BCUT2D eigenvalue weighted by molar-refractivity contribution is 0.181. The first kappa shape index (κ1) is 10.6. The highest BCUT2D eigenvalue weighted by atomic mass is 79.9. The number of hydrogen-bond donors (Lipinski definition) is 1. The van der Waals surface area contributed by atoms with E-state index in [0.29, 0.717) is 16.6 Å². The Morgan fingerprint density at radius 2 is 2.23 bits per heavy atom. The Labute approximate surface area is 85.0 Å². The molecule has 2 nitrogen and oxygen atoms in total. The predicted molar refractivity (Wildman–Crippen MR) is 52.7 cm³/mol. The number of hydrogen-bond acceptors (Lipinski definition) is 2. The van der Waals surface area contributed by atoms with Crippen LogP contribution >= 0.6 is 15.9 Å². The van der Waals surface area contributed by atoms with E-state index < -0.39 is 0 Å². The molecule has 0 aromatic heterocycles. The van der Waals surface area contributed by atoms with Crippen molar-refractivity contribution in [2.24, 2.45) is 5.73 Å². The van der Waals surface area contributed by atoms with Crippen LogP contribution in [0, 0.1) is 5.82 Å². The molecule has 0 saturated heterocycles. The van der Waals surface area contributed by atoms with Gasteiger partial charge in [0.25, 0.3) is 0 Å². The van der Waals surface area contributed by atoms with Gasteiger partial charge in [0.15, 0.2) is 0 Å². The van der Waals surface area contributed by atoms with E-state index in [1.807, 2.05) is 0 Å². The molecule has 0 atom stereocenters. The molecule has 0 amide bonds. The van der Waals surface area contributed by atoms with Crippen LogP contribution in [0.2, 0.25) is 0 Å². The number of halogens is 2. The van der Waals surface area contributed by atoms with E-state index in [1.54, 1.807) is 6.07 Å². The summed E-state index contributed by atoms with van der Waals surface area (Å²) in [6.45, 7) is 0.597. The Kier molecular flexibility index (Phi) is 3.84. The average molecular weight is 248 g/mol. The van der Waals surface area contributed by atoms with Crippen LogP contribution in [0.1, 0.15) is 11.1 Å². The largest absolute Gasteiger partial charge is 0.380 e. The van der Waals surface area contributed by atoms with Gasteiger partial charge in [0, 0.05) is 23.7 Å². The van der Waals surface area contributed by atoms with Crippen molar-refractivity contribution in [3.8, 4) is 0 Å². The molecule has 0 aliphatic carbocycles. The van der Waals surface area contributed by atoms with Crippen LogP contribution in [-0.2, 0) is 17.9 Å². The Morgan fingerprint density at radius 1 is 1.54 bits per heavy atom. The first-order valence-electron chi connectivity index (χ1n) is 3.84. The van der Waals surface area contributed by atoms with Crippen LogP contribution in [0.25, 0.3) is 0 Å². The molecule has 0 saturated carbocycles. The van der Waals surface area contributed by atoms with Gasteiger partial charge < -0.3 is 10.5 Å². The highest BCUT2D eigenvalue weighted by molar-refractivity contribution is 9.10. The summed E-state index contributed by atoms with van der Waals surface area (Å²) in [4.78, 5) is 0. The van der Waals surface area contributed by atoms with Crippen molar-refractivity contribution < 1.29 is 9.13 Å². The van der Waals surface area contributed by atoms with E-state index in [0.717, 1.165) is 5.56 Å². The van der Waals surface area contributed by atoms with Crippen molar-refractivity contribution in [1.82, 2.24) is 0 Å². The normalized spacial score (nSPS) is 10.5. The van der Waals surface area contributed by atoms with E-state index in [9.17, 15) is 4.39 Å². The second-order valence-electron chi connectivity index (χ2n) is 2.68. The summed E-state index contributed by atoms with van der Waals surface area (Å²) in [6.07, 6.45) is 0. The zero-order chi connectivity index (χ0) is 9.84. The van der Waals surface area contributed by atoms with Gasteiger partial charge in [0.2, 0.25) is 0 Å². The van der Waals surface area contributed by atoms with Gasteiger partial charge >= 0.3 is 0 Å². The minimum Gasteiger partial charge on any atom is -0.380 e. The van der Waals surface area contributed by atoms with Gasteiger partial charge in [-0.2, -0.15) is 0 Å². The smallest absolute Gasteiger partial charge is 0.130 e. The number of methoxy groups -OCH3 is 1. The van der Waals surface area contributed by atoms with Crippen LogP contribution in [-0.4, -0.2) is 7.11 Å². The third kappa shape index (κ3) is 2.49. The average Bonchev–Trinajstić information content (AvgIpc) is 2.11. The molecule has 13 heavy (non-hydrogen) atoms. The third-order valence-electron chi connectivity index (χ3n) is 1.73. The Hall–Kier alpha value is -0.450. The lowest BCUT2D eigenvalue weighted by atomic mass is 10.1. The molecule has 0 fully saturated rings. The van der Waals surface area contributed by atoms with Crippen LogP contribution in [0.15, 0.2) is 16.6 Å². The van der Waals surface area contributed by atoms with E-state index in [4.69, 9.17) is 10.5 Å². The topological polar surface area (TPSA) is 35.2 Å². The maximum atomic E-state index is 13.3. The molecular formula is C9H11BrFNO. The van der Waals surface area contributed by atoms with Gasteiger partial charge in [-0.15, -0.1) is 0 Å². The Morgan fingerprint density at radius 3 is 2.69 bits per heavy atom. The number of benzene rings is 1. The van der Waals surface area contributed by atoms with Gasteiger partial charge in [-0.25, -0.2) is 4.39 Å². The number of ether oxygens (including phenoxy) is 1. The summed E-state index contributed by atoms with van der Waals surface area (Å²) in [6, 6.07) is 3.23. The molecule has 0 aliphatic heterocycles. The fourth-order valence-electron chi connectivity index (χ4n) is 1.06. The quantitative estimate of drug-likeness (QED) is 0.889. The van der Waals surface area contributed by atoms with Crippen LogP contribution < -0.4 is 5.73 Å². The lowest BCUT2D eigenvalue weighted by Gasteiger charge is -2.06. The summed E-state index contributed by atoms with van der Waals surface area (Å²) in [7, 11) is 1.53. The molecule has 0 heterocycles. The molecule has 1 aromatic rings. The molecule has 0 spiro atoms. The van der Waals surface area contributed by atoms with Crippen LogP contribution in [0.3, 0.4) is 0 Å². The zero-order valence-corrected chi connectivity index (χ0v) is 8.90. The molecule has 0 bridgehead atoms. The van der Waals surface area contributed by atoms with Crippen molar-refractivity contribution in [2.45, 2.75) is 13.2 Å². The minimum absolute atomic E-state index is 0.261. The summed E-state index contributed by atoms with van der Waals surface area (Å²) in [5.74, 6) is -0.281. The Bertz CT molecular complexity index is 281. The SMILES string of the molecule is COCc1c(F)cc(CN)cc1Br. The van der Waals surface area contributed by atoms with Gasteiger partial charge in [-0.05, 0) is 17.7 Å². The van der Waals surface area contributed by atoms with Crippen molar-refractivity contribution in [1.29, 1.82) is 0 Å². The second kappa shape index (κ2) is 4.69. The van der Waals surface area contributed by atoms with Crippen LogP contribution in [0.4, 0.5) is 4.39 Å². The summed E-state index contributed by atoms with van der Waals surface area (Å²) in [5, 5.41) is 0. The minimum atomic E-state index is -0.281. The molecule has 2 N–H and O–H groups in total. The van der Waals surface area contributed by atoms with Gasteiger partial charge in [-0.1, -0.05) is 15.9 Å². The van der Waals surface area contributed by atoms with E-state index in [1.165, 1.54) is 13.2 Å².